The van der Waals surface area contributed by atoms with Gasteiger partial charge in [0, 0.05) is 10.0 Å². The van der Waals surface area contributed by atoms with E-state index in [0.29, 0.717) is 15.6 Å². The molecule has 1 aromatic carbocycles. The van der Waals surface area contributed by atoms with Crippen molar-refractivity contribution in [1.82, 2.24) is 10.9 Å². The number of benzene rings is 1. The fraction of sp³-hybridized carbons (Fsp3) is 0. The molecule has 1 heterocycles. The fourth-order valence-corrected chi connectivity index (χ4v) is 2.74. The van der Waals surface area contributed by atoms with Gasteiger partial charge < -0.3 is 0 Å². The molecule has 0 aliphatic rings. The summed E-state index contributed by atoms with van der Waals surface area (Å²) in [4.78, 5) is 12.8. The number of halogens is 2. The highest BCUT2D eigenvalue weighted by atomic mass is 79.9. The highest BCUT2D eigenvalue weighted by Crippen LogP contribution is 2.25. The highest BCUT2D eigenvalue weighted by Gasteiger charge is 2.07. The Morgan fingerprint density at radius 1 is 1.26 bits per heavy atom. The van der Waals surface area contributed by atoms with Crippen LogP contribution in [0.2, 0.25) is 4.34 Å². The van der Waals surface area contributed by atoms with Crippen LogP contribution in [0.1, 0.15) is 15.2 Å². The maximum Gasteiger partial charge on any atom is 0.269 e. The molecule has 0 atom stereocenters. The number of hydrogen-bond donors (Lipinski definition) is 2. The first-order chi connectivity index (χ1) is 9.06. The maximum absolute atomic E-state index is 11.9. The van der Waals surface area contributed by atoms with Crippen LogP contribution < -0.4 is 10.9 Å². The van der Waals surface area contributed by atoms with E-state index in [-0.39, 0.29) is 5.91 Å². The summed E-state index contributed by atoms with van der Waals surface area (Å²) >= 11 is 10.5. The van der Waals surface area contributed by atoms with E-state index in [2.05, 4.69) is 33.4 Å². The number of hydrazine groups is 1. The zero-order valence-corrected chi connectivity index (χ0v) is 12.9. The Morgan fingerprint density at radius 2 is 2.05 bits per heavy atom. The summed E-state index contributed by atoms with van der Waals surface area (Å²) in [5.74, 6) is -0.231. The molecule has 3 nitrogen and oxygen atoms in total. The van der Waals surface area contributed by atoms with Crippen LogP contribution in [-0.4, -0.2) is 5.91 Å². The predicted octanol–water partition coefficient (Wildman–Crippen LogP) is 4.07. The van der Waals surface area contributed by atoms with E-state index in [4.69, 9.17) is 11.6 Å². The van der Waals surface area contributed by atoms with E-state index in [9.17, 15) is 4.79 Å². The van der Waals surface area contributed by atoms with Crippen LogP contribution in [0.5, 0.6) is 0 Å². The lowest BCUT2D eigenvalue weighted by molar-refractivity contribution is 0.0942. The molecule has 19 heavy (non-hydrogen) atoms. The summed E-state index contributed by atoms with van der Waals surface area (Å²) in [6, 6.07) is 10.7. The minimum absolute atomic E-state index is 0.231. The first-order valence-corrected chi connectivity index (χ1v) is 7.31. The monoisotopic (exact) mass is 356 g/mol. The van der Waals surface area contributed by atoms with E-state index in [0.717, 1.165) is 9.35 Å². The number of nitrogens with one attached hydrogen (secondary N) is 2. The van der Waals surface area contributed by atoms with E-state index in [1.165, 1.54) is 11.3 Å². The van der Waals surface area contributed by atoms with E-state index in [1.54, 1.807) is 24.3 Å². The van der Waals surface area contributed by atoms with Gasteiger partial charge in [0.05, 0.1) is 14.9 Å². The molecule has 6 heteroatoms. The van der Waals surface area contributed by atoms with Gasteiger partial charge in [-0.1, -0.05) is 40.2 Å². The number of rotatable bonds is 4. The quantitative estimate of drug-likeness (QED) is 0.810. The van der Waals surface area contributed by atoms with Crippen LogP contribution in [0.25, 0.3) is 5.70 Å². The zero-order valence-electron chi connectivity index (χ0n) is 9.74. The molecule has 2 aromatic rings. The minimum atomic E-state index is -0.231. The van der Waals surface area contributed by atoms with Crippen molar-refractivity contribution in [3.05, 3.63) is 62.2 Å². The first kappa shape index (κ1) is 14.1. The summed E-state index contributed by atoms with van der Waals surface area (Å²) in [6.45, 7) is 3.84. The third kappa shape index (κ3) is 3.83. The van der Waals surface area contributed by atoms with Crippen molar-refractivity contribution in [2.45, 2.75) is 0 Å². The van der Waals surface area contributed by atoms with Crippen molar-refractivity contribution in [1.29, 1.82) is 0 Å². The van der Waals surface area contributed by atoms with Crippen LogP contribution in [0.4, 0.5) is 0 Å². The molecule has 2 rings (SSSR count). The molecule has 0 unspecified atom stereocenters. The van der Waals surface area contributed by atoms with Crippen LogP contribution in [-0.2, 0) is 0 Å². The van der Waals surface area contributed by atoms with Gasteiger partial charge in [-0.15, -0.1) is 11.3 Å². The van der Waals surface area contributed by atoms with Gasteiger partial charge in [-0.25, -0.2) is 0 Å². The lowest BCUT2D eigenvalue weighted by Crippen LogP contribution is -2.35. The van der Waals surface area contributed by atoms with E-state index < -0.39 is 0 Å². The van der Waals surface area contributed by atoms with Crippen molar-refractivity contribution in [3.63, 3.8) is 0 Å². The van der Waals surface area contributed by atoms with Gasteiger partial charge in [0.15, 0.2) is 0 Å². The molecule has 0 bridgehead atoms. The lowest BCUT2D eigenvalue weighted by atomic mass is 10.2. The topological polar surface area (TPSA) is 41.1 Å². The Morgan fingerprint density at radius 3 is 2.68 bits per heavy atom. The van der Waals surface area contributed by atoms with Crippen LogP contribution in [0, 0.1) is 0 Å². The summed E-state index contributed by atoms with van der Waals surface area (Å²) in [6.07, 6.45) is 0. The second-order valence-electron chi connectivity index (χ2n) is 3.67. The predicted molar refractivity (Wildman–Crippen MR) is 83.1 cm³/mol. The van der Waals surface area contributed by atoms with Crippen LogP contribution >= 0.6 is 38.9 Å². The summed E-state index contributed by atoms with van der Waals surface area (Å²) in [5, 5.41) is 0. The molecule has 0 radical (unpaired) electrons. The molecular formula is C13H10BrClN2OS. The molecule has 0 aliphatic heterocycles. The van der Waals surface area contributed by atoms with Gasteiger partial charge in [0.2, 0.25) is 0 Å². The molecule has 1 amide bonds. The fourth-order valence-electron chi connectivity index (χ4n) is 1.37. The largest absolute Gasteiger partial charge is 0.298 e. The lowest BCUT2D eigenvalue weighted by Gasteiger charge is -2.09. The molecule has 2 N–H and O–H groups in total. The second kappa shape index (κ2) is 6.23. The van der Waals surface area contributed by atoms with Crippen LogP contribution in [0.3, 0.4) is 0 Å². The standard InChI is InChI=1S/C13H10BrClN2OS/c1-8(11-5-6-12(15)19-11)16-17-13(18)9-3-2-4-10(14)7-9/h2-7,16H,1H2,(H,17,18). The third-order valence-electron chi connectivity index (χ3n) is 2.28. The first-order valence-electron chi connectivity index (χ1n) is 5.33. The molecule has 98 valence electrons. The van der Waals surface area contributed by atoms with Gasteiger partial charge in [0.25, 0.3) is 5.91 Å². The summed E-state index contributed by atoms with van der Waals surface area (Å²) < 4.78 is 1.53. The van der Waals surface area contributed by atoms with Crippen molar-refractivity contribution in [3.8, 4) is 0 Å². The van der Waals surface area contributed by atoms with E-state index in [1.807, 2.05) is 12.1 Å². The van der Waals surface area contributed by atoms with Crippen molar-refractivity contribution in [2.75, 3.05) is 0 Å². The summed E-state index contributed by atoms with van der Waals surface area (Å²) in [5.41, 5.74) is 6.51. The number of thiophene rings is 1. The van der Waals surface area contributed by atoms with Crippen molar-refractivity contribution in [2.24, 2.45) is 0 Å². The van der Waals surface area contributed by atoms with Crippen molar-refractivity contribution < 1.29 is 4.79 Å². The smallest absolute Gasteiger partial charge is 0.269 e. The Balaban J connectivity index is 1.95. The summed E-state index contributed by atoms with van der Waals surface area (Å²) in [7, 11) is 0. The van der Waals surface area contributed by atoms with Gasteiger partial charge >= 0.3 is 0 Å². The molecular weight excluding hydrogens is 348 g/mol. The maximum atomic E-state index is 11.9. The Bertz CT molecular complexity index is 627. The number of hydrogen-bond acceptors (Lipinski definition) is 3. The number of carbonyl (C=O) groups excluding carboxylic acids is 1. The zero-order chi connectivity index (χ0) is 13.8. The normalized spacial score (nSPS) is 10.0. The average molecular weight is 358 g/mol. The molecule has 1 aromatic heterocycles. The highest BCUT2D eigenvalue weighted by molar-refractivity contribution is 9.10. The SMILES string of the molecule is C=C(NNC(=O)c1cccc(Br)c1)c1ccc(Cl)s1. The van der Waals surface area contributed by atoms with Gasteiger partial charge in [0.1, 0.15) is 0 Å². The number of carbonyl (C=O) groups is 1. The Hall–Kier alpha value is -1.30. The van der Waals surface area contributed by atoms with Crippen LogP contribution in [0.15, 0.2) is 47.4 Å². The Labute approximate surface area is 128 Å². The molecule has 0 saturated carbocycles. The minimum Gasteiger partial charge on any atom is -0.298 e. The third-order valence-corrected chi connectivity index (χ3v) is 4.07. The second-order valence-corrected chi connectivity index (χ2v) is 6.30. The molecule has 0 aliphatic carbocycles. The van der Waals surface area contributed by atoms with Gasteiger partial charge in [-0.3, -0.25) is 15.6 Å². The average Bonchev–Trinajstić information content (AvgIpc) is 2.82. The number of amides is 1. The molecule has 0 spiro atoms. The molecule has 0 saturated heterocycles. The van der Waals surface area contributed by atoms with E-state index >= 15 is 0 Å². The Kier molecular flexibility index (Phi) is 4.63. The van der Waals surface area contributed by atoms with Gasteiger partial charge in [-0.2, -0.15) is 0 Å². The van der Waals surface area contributed by atoms with Gasteiger partial charge in [-0.05, 0) is 30.3 Å². The molecule has 0 fully saturated rings. The van der Waals surface area contributed by atoms with Crippen molar-refractivity contribution >= 4 is 50.5 Å².